The Balaban J connectivity index is 1.25. The van der Waals surface area contributed by atoms with Crippen molar-refractivity contribution in [3.63, 3.8) is 0 Å². The lowest BCUT2D eigenvalue weighted by molar-refractivity contribution is -0.123. The molecule has 1 aromatic carbocycles. The molecule has 1 aromatic rings. The molecule has 0 spiro atoms. The third-order valence-electron chi connectivity index (χ3n) is 4.86. The molecule has 126 valence electrons. The minimum Gasteiger partial charge on any atom is -0.381 e. The van der Waals surface area contributed by atoms with Gasteiger partial charge in [0.05, 0.1) is 12.7 Å². The van der Waals surface area contributed by atoms with Gasteiger partial charge >= 0.3 is 0 Å². The number of fused-ring (bicyclic) bond motifs is 1. The summed E-state index contributed by atoms with van der Waals surface area (Å²) in [7, 11) is 0. The number of nitrogens with one attached hydrogen (secondary N) is 1. The Bertz CT molecular complexity index is 486. The highest BCUT2D eigenvalue weighted by Gasteiger charge is 2.20. The molecule has 1 saturated heterocycles. The molecule has 4 heteroatoms. The third-order valence-corrected chi connectivity index (χ3v) is 4.86. The van der Waals surface area contributed by atoms with E-state index in [0.717, 1.165) is 51.9 Å². The average Bonchev–Trinajstić information content (AvgIpc) is 2.98. The Kier molecular flexibility index (Phi) is 6.06. The van der Waals surface area contributed by atoms with Crippen LogP contribution in [0.4, 0.5) is 0 Å². The van der Waals surface area contributed by atoms with E-state index in [1.54, 1.807) is 0 Å². The van der Waals surface area contributed by atoms with Gasteiger partial charge in [0, 0.05) is 26.2 Å². The van der Waals surface area contributed by atoms with Crippen LogP contribution in [0, 0.1) is 5.92 Å². The molecule has 1 heterocycles. The van der Waals surface area contributed by atoms with Crippen LogP contribution in [0.2, 0.25) is 0 Å². The predicted molar refractivity (Wildman–Crippen MR) is 89.4 cm³/mol. The molecule has 0 saturated carbocycles. The highest BCUT2D eigenvalue weighted by molar-refractivity contribution is 5.75. The van der Waals surface area contributed by atoms with Gasteiger partial charge in [-0.3, -0.25) is 4.79 Å². The standard InChI is InChI=1S/C19H27NO3/c21-19(8-12-23-18-6-10-22-11-7-18)20-9-5-15-13-16-3-1-2-4-17(16)14-15/h1-4,15,18H,5-14H2,(H,20,21). The molecule has 4 nitrogen and oxygen atoms in total. The number of rotatable bonds is 7. The Morgan fingerprint density at radius 2 is 1.87 bits per heavy atom. The van der Waals surface area contributed by atoms with Crippen LogP contribution in [-0.4, -0.2) is 38.4 Å². The molecule has 0 aromatic heterocycles. The van der Waals surface area contributed by atoms with Crippen molar-refractivity contribution in [1.29, 1.82) is 0 Å². The van der Waals surface area contributed by atoms with Crippen molar-refractivity contribution in [2.75, 3.05) is 26.4 Å². The van der Waals surface area contributed by atoms with Crippen molar-refractivity contribution in [3.8, 4) is 0 Å². The van der Waals surface area contributed by atoms with Crippen molar-refractivity contribution in [2.24, 2.45) is 5.92 Å². The second-order valence-electron chi connectivity index (χ2n) is 6.61. The second kappa shape index (κ2) is 8.46. The van der Waals surface area contributed by atoms with Crippen LogP contribution in [0.15, 0.2) is 24.3 Å². The van der Waals surface area contributed by atoms with E-state index in [4.69, 9.17) is 9.47 Å². The zero-order chi connectivity index (χ0) is 15.9. The molecule has 1 fully saturated rings. The fraction of sp³-hybridized carbons (Fsp3) is 0.632. The Morgan fingerprint density at radius 1 is 1.17 bits per heavy atom. The molecule has 1 N–H and O–H groups in total. The Morgan fingerprint density at radius 3 is 2.57 bits per heavy atom. The zero-order valence-corrected chi connectivity index (χ0v) is 13.8. The lowest BCUT2D eigenvalue weighted by Crippen LogP contribution is -2.29. The minimum absolute atomic E-state index is 0.104. The number of hydrogen-bond acceptors (Lipinski definition) is 3. The fourth-order valence-corrected chi connectivity index (χ4v) is 3.52. The van der Waals surface area contributed by atoms with Gasteiger partial charge in [0.15, 0.2) is 0 Å². The smallest absolute Gasteiger partial charge is 0.222 e. The molecular formula is C19H27NO3. The first kappa shape index (κ1) is 16.5. The summed E-state index contributed by atoms with van der Waals surface area (Å²) in [5.41, 5.74) is 2.96. The summed E-state index contributed by atoms with van der Waals surface area (Å²) in [5.74, 6) is 0.777. The van der Waals surface area contributed by atoms with Gasteiger partial charge in [-0.25, -0.2) is 0 Å². The molecule has 0 radical (unpaired) electrons. The number of carbonyl (C=O) groups is 1. The molecule has 2 aliphatic rings. The number of hydrogen-bond donors (Lipinski definition) is 1. The van der Waals surface area contributed by atoms with E-state index in [1.807, 2.05) is 0 Å². The largest absolute Gasteiger partial charge is 0.381 e. The van der Waals surface area contributed by atoms with E-state index in [1.165, 1.54) is 11.1 Å². The lowest BCUT2D eigenvalue weighted by atomic mass is 10.0. The highest BCUT2D eigenvalue weighted by atomic mass is 16.5. The summed E-state index contributed by atoms with van der Waals surface area (Å²) in [5, 5.41) is 3.03. The third kappa shape index (κ3) is 5.05. The molecule has 1 aliphatic carbocycles. The molecular weight excluding hydrogens is 290 g/mol. The predicted octanol–water partition coefficient (Wildman–Crippen LogP) is 2.49. The van der Waals surface area contributed by atoms with Crippen molar-refractivity contribution >= 4 is 5.91 Å². The summed E-state index contributed by atoms with van der Waals surface area (Å²) in [6.07, 6.45) is 5.99. The monoisotopic (exact) mass is 317 g/mol. The second-order valence-corrected chi connectivity index (χ2v) is 6.61. The maximum absolute atomic E-state index is 11.9. The Labute approximate surface area is 138 Å². The van der Waals surface area contributed by atoms with E-state index in [-0.39, 0.29) is 12.0 Å². The molecule has 0 unspecified atom stereocenters. The van der Waals surface area contributed by atoms with E-state index in [9.17, 15) is 4.79 Å². The van der Waals surface area contributed by atoms with E-state index < -0.39 is 0 Å². The van der Waals surface area contributed by atoms with Gasteiger partial charge in [-0.05, 0) is 49.1 Å². The maximum Gasteiger partial charge on any atom is 0.222 e. The first-order chi connectivity index (χ1) is 11.3. The van der Waals surface area contributed by atoms with Gasteiger partial charge < -0.3 is 14.8 Å². The Hall–Kier alpha value is -1.39. The summed E-state index contributed by atoms with van der Waals surface area (Å²) in [6, 6.07) is 8.67. The maximum atomic E-state index is 11.9. The average molecular weight is 317 g/mol. The number of benzene rings is 1. The van der Waals surface area contributed by atoms with Gasteiger partial charge in [0.1, 0.15) is 0 Å². The molecule has 3 rings (SSSR count). The molecule has 1 aliphatic heterocycles. The van der Waals surface area contributed by atoms with E-state index >= 15 is 0 Å². The first-order valence-electron chi connectivity index (χ1n) is 8.84. The molecule has 23 heavy (non-hydrogen) atoms. The number of ether oxygens (including phenoxy) is 2. The van der Waals surface area contributed by atoms with Crippen LogP contribution < -0.4 is 5.32 Å². The van der Waals surface area contributed by atoms with Crippen molar-refractivity contribution in [2.45, 2.75) is 44.6 Å². The number of amides is 1. The lowest BCUT2D eigenvalue weighted by Gasteiger charge is -2.22. The number of carbonyl (C=O) groups excluding carboxylic acids is 1. The van der Waals surface area contributed by atoms with Crippen molar-refractivity contribution in [3.05, 3.63) is 35.4 Å². The summed E-state index contributed by atoms with van der Waals surface area (Å²) < 4.78 is 11.0. The van der Waals surface area contributed by atoms with Crippen LogP contribution in [0.3, 0.4) is 0 Å². The van der Waals surface area contributed by atoms with Crippen molar-refractivity contribution in [1.82, 2.24) is 5.32 Å². The van der Waals surface area contributed by atoms with E-state index in [2.05, 4.69) is 29.6 Å². The van der Waals surface area contributed by atoms with Crippen molar-refractivity contribution < 1.29 is 14.3 Å². The highest BCUT2D eigenvalue weighted by Crippen LogP contribution is 2.28. The van der Waals surface area contributed by atoms with Gasteiger partial charge in [0.2, 0.25) is 5.91 Å². The van der Waals surface area contributed by atoms with Crippen LogP contribution in [0.1, 0.15) is 36.8 Å². The van der Waals surface area contributed by atoms with Crippen LogP contribution in [0.5, 0.6) is 0 Å². The quantitative estimate of drug-likeness (QED) is 0.840. The topological polar surface area (TPSA) is 47.6 Å². The summed E-state index contributed by atoms with van der Waals surface area (Å²) in [4.78, 5) is 11.9. The van der Waals surface area contributed by atoms with Gasteiger partial charge in [0.25, 0.3) is 0 Å². The molecule has 0 atom stereocenters. The first-order valence-corrected chi connectivity index (χ1v) is 8.84. The molecule has 1 amide bonds. The van der Waals surface area contributed by atoms with Gasteiger partial charge in [-0.1, -0.05) is 24.3 Å². The van der Waals surface area contributed by atoms with E-state index in [0.29, 0.717) is 18.9 Å². The zero-order valence-electron chi connectivity index (χ0n) is 13.8. The summed E-state index contributed by atoms with van der Waals surface area (Å²) >= 11 is 0. The van der Waals surface area contributed by atoms with Crippen LogP contribution in [-0.2, 0) is 27.1 Å². The van der Waals surface area contributed by atoms with Crippen LogP contribution in [0.25, 0.3) is 0 Å². The fourth-order valence-electron chi connectivity index (χ4n) is 3.52. The van der Waals surface area contributed by atoms with Gasteiger partial charge in [-0.2, -0.15) is 0 Å². The normalized spacial score (nSPS) is 18.8. The van der Waals surface area contributed by atoms with Crippen LogP contribution >= 0.6 is 0 Å². The molecule has 0 bridgehead atoms. The SMILES string of the molecule is O=C(CCOC1CCOCC1)NCCC1Cc2ccccc2C1. The van der Waals surface area contributed by atoms with Gasteiger partial charge in [-0.15, -0.1) is 0 Å². The summed E-state index contributed by atoms with van der Waals surface area (Å²) in [6.45, 7) is 2.85. The minimum atomic E-state index is 0.104.